The third-order valence-electron chi connectivity index (χ3n) is 2.20. The lowest BCUT2D eigenvalue weighted by Crippen LogP contribution is -2.40. The van der Waals surface area contributed by atoms with E-state index in [-0.39, 0.29) is 5.54 Å². The number of thiophene rings is 1. The van der Waals surface area contributed by atoms with E-state index in [0.717, 1.165) is 13.1 Å². The highest BCUT2D eigenvalue weighted by Gasteiger charge is 2.08. The molecule has 0 unspecified atom stereocenters. The molecule has 0 spiro atoms. The molecule has 0 saturated carbocycles. The molecule has 0 radical (unpaired) electrons. The summed E-state index contributed by atoms with van der Waals surface area (Å²) in [6.45, 7) is 10.8. The van der Waals surface area contributed by atoms with Crippen molar-refractivity contribution in [1.82, 2.24) is 10.6 Å². The molecule has 1 rings (SSSR count). The first-order valence-electron chi connectivity index (χ1n) is 5.51. The molecule has 0 saturated heterocycles. The van der Waals surface area contributed by atoms with Gasteiger partial charge in [-0.1, -0.05) is 6.07 Å². The Hall–Kier alpha value is -0.380. The monoisotopic (exact) mass is 226 g/mol. The van der Waals surface area contributed by atoms with Gasteiger partial charge in [-0.3, -0.25) is 0 Å². The average molecular weight is 226 g/mol. The second kappa shape index (κ2) is 5.64. The van der Waals surface area contributed by atoms with Crippen LogP contribution in [0.1, 0.15) is 38.6 Å². The first kappa shape index (κ1) is 12.7. The molecule has 3 heteroatoms. The van der Waals surface area contributed by atoms with E-state index in [1.54, 1.807) is 0 Å². The third kappa shape index (κ3) is 5.30. The van der Waals surface area contributed by atoms with Gasteiger partial charge < -0.3 is 10.6 Å². The van der Waals surface area contributed by atoms with Gasteiger partial charge in [-0.25, -0.2) is 0 Å². The normalized spacial score (nSPS) is 14.1. The third-order valence-corrected chi connectivity index (χ3v) is 3.26. The van der Waals surface area contributed by atoms with Crippen LogP contribution in [-0.2, 0) is 0 Å². The zero-order chi connectivity index (χ0) is 11.3. The Morgan fingerprint density at radius 2 is 2.07 bits per heavy atom. The molecule has 0 aliphatic rings. The van der Waals surface area contributed by atoms with Gasteiger partial charge in [0.2, 0.25) is 0 Å². The molecule has 15 heavy (non-hydrogen) atoms. The fourth-order valence-electron chi connectivity index (χ4n) is 1.36. The molecular weight excluding hydrogens is 204 g/mol. The molecule has 1 aromatic rings. The van der Waals surface area contributed by atoms with E-state index in [9.17, 15) is 0 Å². The van der Waals surface area contributed by atoms with Crippen LogP contribution < -0.4 is 10.6 Å². The summed E-state index contributed by atoms with van der Waals surface area (Å²) in [7, 11) is 0. The highest BCUT2D eigenvalue weighted by atomic mass is 32.1. The molecule has 0 amide bonds. The van der Waals surface area contributed by atoms with Gasteiger partial charge in [0.15, 0.2) is 0 Å². The lowest BCUT2D eigenvalue weighted by molar-refractivity contribution is 0.415. The lowest BCUT2D eigenvalue weighted by Gasteiger charge is -2.21. The topological polar surface area (TPSA) is 24.1 Å². The van der Waals surface area contributed by atoms with Crippen LogP contribution in [0.5, 0.6) is 0 Å². The van der Waals surface area contributed by atoms with E-state index in [0.29, 0.717) is 6.04 Å². The van der Waals surface area contributed by atoms with E-state index < -0.39 is 0 Å². The molecule has 0 aliphatic carbocycles. The van der Waals surface area contributed by atoms with Crippen LogP contribution in [0.3, 0.4) is 0 Å². The summed E-state index contributed by atoms with van der Waals surface area (Å²) in [4.78, 5) is 1.41. The zero-order valence-corrected chi connectivity index (χ0v) is 10.9. The zero-order valence-electron chi connectivity index (χ0n) is 10.1. The molecule has 0 bridgehead atoms. The summed E-state index contributed by atoms with van der Waals surface area (Å²) in [5.41, 5.74) is 0.216. The molecule has 0 aliphatic heterocycles. The van der Waals surface area contributed by atoms with E-state index in [1.807, 2.05) is 11.3 Å². The lowest BCUT2D eigenvalue weighted by atomic mass is 10.1. The van der Waals surface area contributed by atoms with Crippen molar-refractivity contribution in [3.05, 3.63) is 22.4 Å². The molecular formula is C12H22N2S. The van der Waals surface area contributed by atoms with Crippen molar-refractivity contribution in [2.24, 2.45) is 0 Å². The Morgan fingerprint density at radius 3 is 2.60 bits per heavy atom. The minimum Gasteiger partial charge on any atom is -0.311 e. The van der Waals surface area contributed by atoms with Crippen LogP contribution in [0.4, 0.5) is 0 Å². The maximum atomic E-state index is 3.51. The maximum Gasteiger partial charge on any atom is 0.0386 e. The number of nitrogens with one attached hydrogen (secondary N) is 2. The van der Waals surface area contributed by atoms with Crippen LogP contribution in [-0.4, -0.2) is 18.6 Å². The van der Waals surface area contributed by atoms with Gasteiger partial charge in [0.1, 0.15) is 0 Å². The first-order valence-corrected chi connectivity index (χ1v) is 6.39. The summed E-state index contributed by atoms with van der Waals surface area (Å²) >= 11 is 1.81. The molecule has 2 nitrogen and oxygen atoms in total. The quantitative estimate of drug-likeness (QED) is 0.754. The van der Waals surface area contributed by atoms with Gasteiger partial charge in [-0.05, 0) is 39.1 Å². The minimum atomic E-state index is 0.216. The Balaban J connectivity index is 2.16. The number of rotatable bonds is 5. The van der Waals surface area contributed by atoms with E-state index in [2.05, 4.69) is 55.8 Å². The van der Waals surface area contributed by atoms with Crippen molar-refractivity contribution < 1.29 is 0 Å². The van der Waals surface area contributed by atoms with Gasteiger partial charge in [0, 0.05) is 29.5 Å². The van der Waals surface area contributed by atoms with Crippen LogP contribution >= 0.6 is 11.3 Å². The molecule has 2 N–H and O–H groups in total. The minimum absolute atomic E-state index is 0.216. The summed E-state index contributed by atoms with van der Waals surface area (Å²) in [5.74, 6) is 0. The molecule has 1 atom stereocenters. The van der Waals surface area contributed by atoms with Crippen LogP contribution in [0.2, 0.25) is 0 Å². The average Bonchev–Trinajstić information content (AvgIpc) is 2.63. The van der Waals surface area contributed by atoms with Gasteiger partial charge in [0.05, 0.1) is 0 Å². The predicted octanol–water partition coefficient (Wildman–Crippen LogP) is 2.79. The van der Waals surface area contributed by atoms with Crippen molar-refractivity contribution in [2.45, 2.75) is 39.3 Å². The number of hydrogen-bond donors (Lipinski definition) is 2. The number of hydrogen-bond acceptors (Lipinski definition) is 3. The van der Waals surface area contributed by atoms with Crippen LogP contribution in [0, 0.1) is 0 Å². The van der Waals surface area contributed by atoms with Crippen molar-refractivity contribution in [3.63, 3.8) is 0 Å². The Kier molecular flexibility index (Phi) is 4.77. The Morgan fingerprint density at radius 1 is 1.33 bits per heavy atom. The summed E-state index contributed by atoms with van der Waals surface area (Å²) in [6.07, 6.45) is 0. The second-order valence-corrected chi connectivity index (χ2v) is 5.85. The van der Waals surface area contributed by atoms with Crippen LogP contribution in [0.25, 0.3) is 0 Å². The molecule has 0 fully saturated rings. The fourth-order valence-corrected chi connectivity index (χ4v) is 2.12. The van der Waals surface area contributed by atoms with Gasteiger partial charge in [0.25, 0.3) is 0 Å². The predicted molar refractivity (Wildman–Crippen MR) is 68.5 cm³/mol. The van der Waals surface area contributed by atoms with Gasteiger partial charge in [-0.2, -0.15) is 0 Å². The van der Waals surface area contributed by atoms with E-state index in [1.165, 1.54) is 4.88 Å². The smallest absolute Gasteiger partial charge is 0.0386 e. The SMILES string of the molecule is C[C@@H](NCCNC(C)(C)C)c1cccs1. The molecule has 1 heterocycles. The van der Waals surface area contributed by atoms with Gasteiger partial charge in [-0.15, -0.1) is 11.3 Å². The summed E-state index contributed by atoms with van der Waals surface area (Å²) in [6, 6.07) is 4.75. The van der Waals surface area contributed by atoms with Crippen molar-refractivity contribution in [3.8, 4) is 0 Å². The Labute approximate surface area is 97.1 Å². The maximum absolute atomic E-state index is 3.51. The largest absolute Gasteiger partial charge is 0.311 e. The highest BCUT2D eigenvalue weighted by molar-refractivity contribution is 7.10. The summed E-state index contributed by atoms with van der Waals surface area (Å²) in [5, 5.41) is 9.09. The van der Waals surface area contributed by atoms with Crippen molar-refractivity contribution in [1.29, 1.82) is 0 Å². The molecule has 86 valence electrons. The van der Waals surface area contributed by atoms with Crippen molar-refractivity contribution in [2.75, 3.05) is 13.1 Å². The molecule has 0 aromatic carbocycles. The van der Waals surface area contributed by atoms with Crippen LogP contribution in [0.15, 0.2) is 17.5 Å². The standard InChI is InChI=1S/C12H22N2S/c1-10(11-6-5-9-15-11)13-7-8-14-12(2,3)4/h5-6,9-10,13-14H,7-8H2,1-4H3/t10-/m1/s1. The van der Waals surface area contributed by atoms with Gasteiger partial charge >= 0.3 is 0 Å². The summed E-state index contributed by atoms with van der Waals surface area (Å²) < 4.78 is 0. The Bertz CT molecular complexity index is 262. The fraction of sp³-hybridized carbons (Fsp3) is 0.667. The van der Waals surface area contributed by atoms with E-state index >= 15 is 0 Å². The first-order chi connectivity index (χ1) is 6.99. The molecule has 1 aromatic heterocycles. The highest BCUT2D eigenvalue weighted by Crippen LogP contribution is 2.17. The van der Waals surface area contributed by atoms with Crippen molar-refractivity contribution >= 4 is 11.3 Å². The van der Waals surface area contributed by atoms with E-state index in [4.69, 9.17) is 0 Å². The second-order valence-electron chi connectivity index (χ2n) is 4.87.